The number of alkyl halides is 3. The number of carbonyl (C=O) groups is 2. The SMILES string of the molecule is CCOc1ccc(C(=O)NCC(=O)Nc2ccc(OC(F)(F)F)cc2)cc1. The van der Waals surface area contributed by atoms with Crippen molar-refractivity contribution in [3.63, 3.8) is 0 Å². The molecular formula is C18H17F3N2O4. The van der Waals surface area contributed by atoms with E-state index in [0.29, 0.717) is 17.9 Å². The van der Waals surface area contributed by atoms with E-state index in [1.807, 2.05) is 6.92 Å². The van der Waals surface area contributed by atoms with Gasteiger partial charge in [0.2, 0.25) is 5.91 Å². The van der Waals surface area contributed by atoms with Crippen LogP contribution in [0.25, 0.3) is 0 Å². The Morgan fingerprint density at radius 1 is 0.963 bits per heavy atom. The Kier molecular flexibility index (Phi) is 6.64. The predicted octanol–water partition coefficient (Wildman–Crippen LogP) is 3.35. The Balaban J connectivity index is 1.82. The average molecular weight is 382 g/mol. The number of hydrogen-bond acceptors (Lipinski definition) is 4. The van der Waals surface area contributed by atoms with E-state index in [0.717, 1.165) is 12.1 Å². The summed E-state index contributed by atoms with van der Waals surface area (Å²) in [5.74, 6) is -0.741. The second-order valence-electron chi connectivity index (χ2n) is 5.26. The summed E-state index contributed by atoms with van der Waals surface area (Å²) in [7, 11) is 0. The molecule has 2 aromatic rings. The Bertz CT molecular complexity index is 775. The highest BCUT2D eigenvalue weighted by Gasteiger charge is 2.30. The number of amides is 2. The smallest absolute Gasteiger partial charge is 0.494 e. The first-order valence-electron chi connectivity index (χ1n) is 7.93. The maximum Gasteiger partial charge on any atom is 0.573 e. The van der Waals surface area contributed by atoms with Gasteiger partial charge in [0.1, 0.15) is 11.5 Å². The fourth-order valence-electron chi connectivity index (χ4n) is 2.08. The Hall–Kier alpha value is -3.23. The summed E-state index contributed by atoms with van der Waals surface area (Å²) in [4.78, 5) is 23.8. The molecule has 144 valence electrons. The minimum atomic E-state index is -4.78. The number of hydrogen-bond donors (Lipinski definition) is 2. The van der Waals surface area contributed by atoms with Gasteiger partial charge in [0.05, 0.1) is 13.2 Å². The summed E-state index contributed by atoms with van der Waals surface area (Å²) < 4.78 is 45.3. The lowest BCUT2D eigenvalue weighted by atomic mass is 10.2. The fourth-order valence-corrected chi connectivity index (χ4v) is 2.08. The zero-order chi connectivity index (χ0) is 19.9. The first-order chi connectivity index (χ1) is 12.8. The van der Waals surface area contributed by atoms with Crippen LogP contribution in [0.1, 0.15) is 17.3 Å². The number of benzene rings is 2. The molecule has 2 aromatic carbocycles. The third-order valence-corrected chi connectivity index (χ3v) is 3.21. The second kappa shape index (κ2) is 8.93. The van der Waals surface area contributed by atoms with E-state index >= 15 is 0 Å². The lowest BCUT2D eigenvalue weighted by Crippen LogP contribution is -2.32. The minimum Gasteiger partial charge on any atom is -0.494 e. The zero-order valence-electron chi connectivity index (χ0n) is 14.3. The molecule has 2 rings (SSSR count). The second-order valence-corrected chi connectivity index (χ2v) is 5.26. The van der Waals surface area contributed by atoms with E-state index < -0.39 is 23.9 Å². The molecule has 0 atom stereocenters. The molecule has 0 aromatic heterocycles. The quantitative estimate of drug-likeness (QED) is 0.770. The Morgan fingerprint density at radius 2 is 1.56 bits per heavy atom. The van der Waals surface area contributed by atoms with Gasteiger partial charge in [-0.05, 0) is 55.5 Å². The van der Waals surface area contributed by atoms with Crippen LogP contribution in [0.15, 0.2) is 48.5 Å². The predicted molar refractivity (Wildman–Crippen MR) is 91.7 cm³/mol. The van der Waals surface area contributed by atoms with Crippen molar-refractivity contribution < 1.29 is 32.2 Å². The van der Waals surface area contributed by atoms with Gasteiger partial charge in [-0.3, -0.25) is 9.59 Å². The van der Waals surface area contributed by atoms with E-state index in [-0.39, 0.29) is 12.2 Å². The number of carbonyl (C=O) groups excluding carboxylic acids is 2. The standard InChI is InChI=1S/C18H17F3N2O4/c1-2-26-14-7-3-12(4-8-14)17(25)22-11-16(24)23-13-5-9-15(10-6-13)27-18(19,20)21/h3-10H,2,11H2,1H3,(H,22,25)(H,23,24). The van der Waals surface area contributed by atoms with Crippen molar-refractivity contribution in [2.24, 2.45) is 0 Å². The number of ether oxygens (including phenoxy) is 2. The van der Waals surface area contributed by atoms with Crippen molar-refractivity contribution in [2.75, 3.05) is 18.5 Å². The van der Waals surface area contributed by atoms with Crippen LogP contribution >= 0.6 is 0 Å². The van der Waals surface area contributed by atoms with Gasteiger partial charge in [-0.15, -0.1) is 13.2 Å². The maximum atomic E-state index is 12.1. The van der Waals surface area contributed by atoms with Gasteiger partial charge in [0.15, 0.2) is 0 Å². The summed E-state index contributed by atoms with van der Waals surface area (Å²) in [6.07, 6.45) is -4.78. The van der Waals surface area contributed by atoms with Crippen molar-refractivity contribution in [3.8, 4) is 11.5 Å². The lowest BCUT2D eigenvalue weighted by molar-refractivity contribution is -0.274. The van der Waals surface area contributed by atoms with Crippen LogP contribution in [0, 0.1) is 0 Å². The van der Waals surface area contributed by atoms with E-state index in [1.165, 1.54) is 12.1 Å². The minimum absolute atomic E-state index is 0.268. The Labute approximate surface area is 153 Å². The molecule has 0 radical (unpaired) electrons. The maximum absolute atomic E-state index is 12.1. The van der Waals surface area contributed by atoms with Crippen molar-refractivity contribution >= 4 is 17.5 Å². The highest BCUT2D eigenvalue weighted by molar-refractivity contribution is 5.99. The summed E-state index contributed by atoms with van der Waals surface area (Å²) in [5, 5.41) is 4.90. The molecule has 0 aliphatic carbocycles. The summed E-state index contributed by atoms with van der Waals surface area (Å²) in [6, 6.07) is 11.1. The largest absolute Gasteiger partial charge is 0.573 e. The molecule has 9 heteroatoms. The molecule has 2 N–H and O–H groups in total. The molecule has 2 amide bonds. The molecule has 0 aliphatic heterocycles. The molecule has 0 heterocycles. The fraction of sp³-hybridized carbons (Fsp3) is 0.222. The van der Waals surface area contributed by atoms with Gasteiger partial charge >= 0.3 is 6.36 Å². The number of nitrogens with one attached hydrogen (secondary N) is 2. The van der Waals surface area contributed by atoms with Gasteiger partial charge < -0.3 is 20.1 Å². The van der Waals surface area contributed by atoms with Crippen LogP contribution in [0.5, 0.6) is 11.5 Å². The van der Waals surface area contributed by atoms with E-state index in [2.05, 4.69) is 15.4 Å². The highest BCUT2D eigenvalue weighted by atomic mass is 19.4. The van der Waals surface area contributed by atoms with Gasteiger partial charge in [-0.1, -0.05) is 0 Å². The molecule has 0 fully saturated rings. The van der Waals surface area contributed by atoms with Crippen LogP contribution in [0.3, 0.4) is 0 Å². The molecule has 27 heavy (non-hydrogen) atoms. The number of halogens is 3. The van der Waals surface area contributed by atoms with Gasteiger partial charge in [-0.25, -0.2) is 0 Å². The molecular weight excluding hydrogens is 365 g/mol. The molecule has 6 nitrogen and oxygen atoms in total. The van der Waals surface area contributed by atoms with Crippen LogP contribution < -0.4 is 20.1 Å². The van der Waals surface area contributed by atoms with Gasteiger partial charge in [-0.2, -0.15) is 0 Å². The van der Waals surface area contributed by atoms with Crippen molar-refractivity contribution in [2.45, 2.75) is 13.3 Å². The third kappa shape index (κ3) is 6.89. The highest BCUT2D eigenvalue weighted by Crippen LogP contribution is 2.23. The summed E-state index contributed by atoms with van der Waals surface area (Å²) in [6.45, 7) is 2.05. The zero-order valence-corrected chi connectivity index (χ0v) is 14.3. The van der Waals surface area contributed by atoms with Crippen LogP contribution in [-0.4, -0.2) is 31.3 Å². The number of rotatable bonds is 7. The first kappa shape index (κ1) is 20.1. The van der Waals surface area contributed by atoms with E-state index in [4.69, 9.17) is 4.74 Å². The molecule has 0 saturated heterocycles. The normalized spacial score (nSPS) is 10.8. The van der Waals surface area contributed by atoms with Crippen molar-refractivity contribution in [1.82, 2.24) is 5.32 Å². The molecule has 0 aliphatic rings. The molecule has 0 spiro atoms. The summed E-state index contributed by atoms with van der Waals surface area (Å²) >= 11 is 0. The topological polar surface area (TPSA) is 76.7 Å². The van der Waals surface area contributed by atoms with Crippen LogP contribution in [0.2, 0.25) is 0 Å². The van der Waals surface area contributed by atoms with E-state index in [9.17, 15) is 22.8 Å². The summed E-state index contributed by atoms with van der Waals surface area (Å²) in [5.41, 5.74) is 0.629. The van der Waals surface area contributed by atoms with Crippen LogP contribution in [-0.2, 0) is 4.79 Å². The molecule has 0 unspecified atom stereocenters. The third-order valence-electron chi connectivity index (χ3n) is 3.21. The van der Waals surface area contributed by atoms with Gasteiger partial charge in [0, 0.05) is 11.3 Å². The van der Waals surface area contributed by atoms with E-state index in [1.54, 1.807) is 24.3 Å². The van der Waals surface area contributed by atoms with Crippen LogP contribution in [0.4, 0.5) is 18.9 Å². The molecule has 0 bridgehead atoms. The number of anilines is 1. The molecule has 0 saturated carbocycles. The van der Waals surface area contributed by atoms with Crippen molar-refractivity contribution in [1.29, 1.82) is 0 Å². The first-order valence-corrected chi connectivity index (χ1v) is 7.93. The average Bonchev–Trinajstić information content (AvgIpc) is 2.61. The Morgan fingerprint density at radius 3 is 2.11 bits per heavy atom. The lowest BCUT2D eigenvalue weighted by Gasteiger charge is -2.10. The van der Waals surface area contributed by atoms with Gasteiger partial charge in [0.25, 0.3) is 5.91 Å². The monoisotopic (exact) mass is 382 g/mol. The van der Waals surface area contributed by atoms with Crippen molar-refractivity contribution in [3.05, 3.63) is 54.1 Å².